The van der Waals surface area contributed by atoms with Crippen molar-refractivity contribution in [3.05, 3.63) is 0 Å². The Morgan fingerprint density at radius 2 is 1.95 bits per heavy atom. The smallest absolute Gasteiger partial charge is 0.225 e. The molecule has 3 nitrogen and oxygen atoms in total. The zero-order valence-electron chi connectivity index (χ0n) is 12.7. The minimum absolute atomic E-state index is 0.309. The third-order valence-corrected chi connectivity index (χ3v) is 5.09. The third-order valence-electron chi connectivity index (χ3n) is 5.09. The Balaban J connectivity index is 1.75. The van der Waals surface area contributed by atoms with Gasteiger partial charge in [0.2, 0.25) is 5.91 Å². The fourth-order valence-corrected chi connectivity index (χ4v) is 3.63. The van der Waals surface area contributed by atoms with Crippen LogP contribution < -0.4 is 5.32 Å². The number of unbranched alkanes of at least 4 members (excludes halogenated alkanes) is 1. The Labute approximate surface area is 118 Å². The topological polar surface area (TPSA) is 32.3 Å². The highest BCUT2D eigenvalue weighted by atomic mass is 16.2. The minimum Gasteiger partial charge on any atom is -0.341 e. The molecule has 19 heavy (non-hydrogen) atoms. The van der Waals surface area contributed by atoms with Crippen LogP contribution in [0.4, 0.5) is 0 Å². The molecule has 0 bridgehead atoms. The molecule has 110 valence electrons. The normalized spacial score (nSPS) is 31.4. The van der Waals surface area contributed by atoms with E-state index in [1.54, 1.807) is 0 Å². The van der Waals surface area contributed by atoms with Gasteiger partial charge in [0.05, 0.1) is 0 Å². The van der Waals surface area contributed by atoms with Crippen molar-refractivity contribution in [1.29, 1.82) is 0 Å². The first-order valence-corrected chi connectivity index (χ1v) is 8.19. The van der Waals surface area contributed by atoms with Gasteiger partial charge in [-0.1, -0.05) is 26.2 Å². The van der Waals surface area contributed by atoms with Gasteiger partial charge in [-0.25, -0.2) is 0 Å². The maximum Gasteiger partial charge on any atom is 0.225 e. The average molecular weight is 266 g/mol. The van der Waals surface area contributed by atoms with Crippen molar-refractivity contribution >= 4 is 5.91 Å². The van der Waals surface area contributed by atoms with E-state index in [9.17, 15) is 4.79 Å². The lowest BCUT2D eigenvalue weighted by Crippen LogP contribution is -2.42. The second kappa shape index (κ2) is 7.28. The molecule has 1 aliphatic heterocycles. The molecule has 1 N–H and O–H groups in total. The number of hydrogen-bond donors (Lipinski definition) is 1. The highest BCUT2D eigenvalue weighted by Gasteiger charge is 2.31. The standard InChI is InChI=1S/C16H30N2O/c1-3-4-5-13-6-8-14(9-7-13)16(19)18(2)15-10-11-17-12-15/h13-15,17H,3-12H2,1-2H3. The van der Waals surface area contributed by atoms with Gasteiger partial charge in [0, 0.05) is 25.6 Å². The zero-order valence-corrected chi connectivity index (χ0v) is 12.7. The van der Waals surface area contributed by atoms with Gasteiger partial charge >= 0.3 is 0 Å². The van der Waals surface area contributed by atoms with Gasteiger partial charge in [-0.3, -0.25) is 4.79 Å². The Hall–Kier alpha value is -0.570. The number of carbonyl (C=O) groups is 1. The third kappa shape index (κ3) is 3.95. The van der Waals surface area contributed by atoms with Crippen LogP contribution in [0.25, 0.3) is 0 Å². The molecule has 1 amide bonds. The molecule has 1 unspecified atom stereocenters. The first-order valence-electron chi connectivity index (χ1n) is 8.19. The molecule has 0 aromatic heterocycles. The average Bonchev–Trinajstić information content (AvgIpc) is 2.98. The van der Waals surface area contributed by atoms with Gasteiger partial charge in [0.1, 0.15) is 0 Å². The van der Waals surface area contributed by atoms with E-state index in [0.29, 0.717) is 17.9 Å². The lowest BCUT2D eigenvalue weighted by Gasteiger charge is -2.32. The van der Waals surface area contributed by atoms with Crippen molar-refractivity contribution < 1.29 is 4.79 Å². The second-order valence-electron chi connectivity index (χ2n) is 6.46. The molecule has 0 aromatic rings. The van der Waals surface area contributed by atoms with E-state index in [4.69, 9.17) is 0 Å². The first-order chi connectivity index (χ1) is 9.22. The van der Waals surface area contributed by atoms with E-state index in [2.05, 4.69) is 12.2 Å². The fourth-order valence-electron chi connectivity index (χ4n) is 3.63. The predicted octanol–water partition coefficient (Wildman–Crippen LogP) is 2.80. The molecule has 0 aromatic carbocycles. The molecule has 1 aliphatic carbocycles. The molecule has 1 atom stereocenters. The largest absolute Gasteiger partial charge is 0.341 e. The van der Waals surface area contributed by atoms with Crippen LogP contribution in [0, 0.1) is 11.8 Å². The van der Waals surface area contributed by atoms with Crippen LogP contribution in [0.15, 0.2) is 0 Å². The maximum atomic E-state index is 12.5. The Morgan fingerprint density at radius 3 is 2.53 bits per heavy atom. The summed E-state index contributed by atoms with van der Waals surface area (Å²) in [5, 5.41) is 3.35. The summed E-state index contributed by atoms with van der Waals surface area (Å²) in [4.78, 5) is 14.5. The quantitative estimate of drug-likeness (QED) is 0.830. The van der Waals surface area contributed by atoms with E-state index in [1.165, 1.54) is 32.1 Å². The summed E-state index contributed by atoms with van der Waals surface area (Å²) < 4.78 is 0. The number of nitrogens with one attached hydrogen (secondary N) is 1. The van der Waals surface area contributed by atoms with Crippen LogP contribution in [0.2, 0.25) is 0 Å². The highest BCUT2D eigenvalue weighted by molar-refractivity contribution is 5.79. The second-order valence-corrected chi connectivity index (χ2v) is 6.46. The molecule has 0 spiro atoms. The summed E-state index contributed by atoms with van der Waals surface area (Å²) >= 11 is 0. The van der Waals surface area contributed by atoms with Crippen LogP contribution in [0.1, 0.15) is 58.3 Å². The van der Waals surface area contributed by atoms with E-state index in [-0.39, 0.29) is 0 Å². The van der Waals surface area contributed by atoms with Gasteiger partial charge in [-0.15, -0.1) is 0 Å². The SMILES string of the molecule is CCCCC1CCC(C(=O)N(C)C2CCNC2)CC1. The van der Waals surface area contributed by atoms with E-state index in [1.807, 2.05) is 11.9 Å². The van der Waals surface area contributed by atoms with Gasteiger partial charge in [-0.2, -0.15) is 0 Å². The minimum atomic E-state index is 0.309. The van der Waals surface area contributed by atoms with Crippen LogP contribution >= 0.6 is 0 Å². The van der Waals surface area contributed by atoms with Gasteiger partial charge in [-0.05, 0) is 44.6 Å². The first kappa shape index (κ1) is 14.8. The highest BCUT2D eigenvalue weighted by Crippen LogP contribution is 2.33. The summed E-state index contributed by atoms with van der Waals surface area (Å²) in [7, 11) is 2.00. The number of carbonyl (C=O) groups excluding carboxylic acids is 1. The van der Waals surface area contributed by atoms with Crippen molar-refractivity contribution in [2.45, 2.75) is 64.3 Å². The van der Waals surface area contributed by atoms with E-state index >= 15 is 0 Å². The molecule has 2 fully saturated rings. The lowest BCUT2D eigenvalue weighted by molar-refractivity contribution is -0.137. The number of likely N-dealkylation sites (N-methyl/N-ethyl adjacent to an activating group) is 1. The summed E-state index contributed by atoms with van der Waals surface area (Å²) in [5.41, 5.74) is 0. The van der Waals surface area contributed by atoms with Crippen LogP contribution in [-0.2, 0) is 4.79 Å². The molecule has 2 aliphatic rings. The zero-order chi connectivity index (χ0) is 13.7. The van der Waals surface area contributed by atoms with Gasteiger partial charge in [0.25, 0.3) is 0 Å². The number of hydrogen-bond acceptors (Lipinski definition) is 2. The molecular formula is C16H30N2O. The molecule has 1 saturated heterocycles. The fraction of sp³-hybridized carbons (Fsp3) is 0.938. The van der Waals surface area contributed by atoms with Gasteiger partial charge < -0.3 is 10.2 Å². The monoisotopic (exact) mass is 266 g/mol. The Bertz CT molecular complexity index is 278. The Kier molecular flexibility index (Phi) is 5.68. The number of rotatable bonds is 5. The van der Waals surface area contributed by atoms with Crippen molar-refractivity contribution in [2.75, 3.05) is 20.1 Å². The summed E-state index contributed by atoms with van der Waals surface area (Å²) in [5.74, 6) is 1.61. The van der Waals surface area contributed by atoms with Crippen molar-refractivity contribution in [3.63, 3.8) is 0 Å². The molecule has 1 saturated carbocycles. The van der Waals surface area contributed by atoms with E-state index < -0.39 is 0 Å². The van der Waals surface area contributed by atoms with Crippen molar-refractivity contribution in [3.8, 4) is 0 Å². The molecule has 1 heterocycles. The van der Waals surface area contributed by atoms with Gasteiger partial charge in [0.15, 0.2) is 0 Å². The maximum absolute atomic E-state index is 12.5. The van der Waals surface area contributed by atoms with Crippen molar-refractivity contribution in [1.82, 2.24) is 10.2 Å². The molecule has 3 heteroatoms. The summed E-state index contributed by atoms with van der Waals surface area (Å²) in [6.07, 6.45) is 9.94. The number of nitrogens with zero attached hydrogens (tertiary/aromatic N) is 1. The summed E-state index contributed by atoms with van der Waals surface area (Å²) in [6.45, 7) is 4.31. The van der Waals surface area contributed by atoms with Crippen LogP contribution in [0.3, 0.4) is 0 Å². The lowest BCUT2D eigenvalue weighted by atomic mass is 9.79. The number of amides is 1. The van der Waals surface area contributed by atoms with E-state index in [0.717, 1.165) is 38.3 Å². The Morgan fingerprint density at radius 1 is 1.21 bits per heavy atom. The molecule has 2 rings (SSSR count). The molecule has 0 radical (unpaired) electrons. The van der Waals surface area contributed by atoms with Crippen molar-refractivity contribution in [2.24, 2.45) is 11.8 Å². The predicted molar refractivity (Wildman–Crippen MR) is 79.0 cm³/mol. The summed E-state index contributed by atoms with van der Waals surface area (Å²) in [6, 6.07) is 0.435. The van der Waals surface area contributed by atoms with Crippen LogP contribution in [-0.4, -0.2) is 37.0 Å². The van der Waals surface area contributed by atoms with Crippen LogP contribution in [0.5, 0.6) is 0 Å². The molecular weight excluding hydrogens is 236 g/mol.